The van der Waals surface area contributed by atoms with Crippen LogP contribution in [0.25, 0.3) is 11.3 Å². The Kier molecular flexibility index (Phi) is 5.01. The highest BCUT2D eigenvalue weighted by molar-refractivity contribution is 7.07. The highest BCUT2D eigenvalue weighted by Crippen LogP contribution is 2.31. The maximum Gasteiger partial charge on any atom is 0.206 e. The molecule has 6 heteroatoms. The second kappa shape index (κ2) is 6.99. The molecule has 116 valence electrons. The first-order valence-electron chi connectivity index (χ1n) is 7.42. The lowest BCUT2D eigenvalue weighted by Crippen LogP contribution is -2.14. The third-order valence-corrected chi connectivity index (χ3v) is 5.02. The van der Waals surface area contributed by atoms with Gasteiger partial charge < -0.3 is 0 Å². The van der Waals surface area contributed by atoms with Crippen LogP contribution in [0.3, 0.4) is 0 Å². The molecule has 2 aromatic rings. The number of thiazole rings is 1. The van der Waals surface area contributed by atoms with Gasteiger partial charge in [-0.05, 0) is 50.8 Å². The van der Waals surface area contributed by atoms with Crippen molar-refractivity contribution in [3.63, 3.8) is 0 Å². The Morgan fingerprint density at radius 1 is 1.23 bits per heavy atom. The highest BCUT2D eigenvalue weighted by atomic mass is 35.5. The standard InChI is InChI=1S/C16H17Cl2N3S/c1-2-19-16-21(20-12-5-3-4-6-12)15(10-22-16)13-9-11(17)7-8-14(13)18/h7-10H,2-6H2,1H3. The molecule has 0 unspecified atom stereocenters. The lowest BCUT2D eigenvalue weighted by Gasteiger charge is -2.07. The number of nitrogens with zero attached hydrogens (tertiary/aromatic N) is 3. The summed E-state index contributed by atoms with van der Waals surface area (Å²) in [6, 6.07) is 5.50. The van der Waals surface area contributed by atoms with Crippen LogP contribution in [0, 0.1) is 0 Å². The number of rotatable bonds is 3. The highest BCUT2D eigenvalue weighted by Gasteiger charge is 2.14. The van der Waals surface area contributed by atoms with Crippen LogP contribution < -0.4 is 4.80 Å². The summed E-state index contributed by atoms with van der Waals surface area (Å²) in [5, 5.41) is 8.22. The van der Waals surface area contributed by atoms with Crippen LogP contribution in [0.1, 0.15) is 32.6 Å². The van der Waals surface area contributed by atoms with Crippen LogP contribution >= 0.6 is 34.5 Å². The third kappa shape index (κ3) is 3.29. The van der Waals surface area contributed by atoms with E-state index in [9.17, 15) is 0 Å². The minimum Gasteiger partial charge on any atom is -0.258 e. The molecule has 0 saturated heterocycles. The molecular formula is C16H17Cl2N3S. The van der Waals surface area contributed by atoms with E-state index in [1.807, 2.05) is 29.1 Å². The molecule has 1 heterocycles. The Hall–Kier alpha value is -1.10. The van der Waals surface area contributed by atoms with Gasteiger partial charge in [0.25, 0.3) is 0 Å². The van der Waals surface area contributed by atoms with Crippen molar-refractivity contribution in [1.82, 2.24) is 4.68 Å². The van der Waals surface area contributed by atoms with Gasteiger partial charge in [-0.25, -0.2) is 4.68 Å². The predicted octanol–water partition coefficient (Wildman–Crippen LogP) is 5.22. The lowest BCUT2D eigenvalue weighted by molar-refractivity contribution is 0.821. The fourth-order valence-electron chi connectivity index (χ4n) is 2.54. The van der Waals surface area contributed by atoms with E-state index in [-0.39, 0.29) is 0 Å². The molecule has 0 N–H and O–H groups in total. The Labute approximate surface area is 143 Å². The molecule has 1 saturated carbocycles. The third-order valence-electron chi connectivity index (χ3n) is 3.61. The van der Waals surface area contributed by atoms with Gasteiger partial charge in [-0.3, -0.25) is 4.99 Å². The maximum atomic E-state index is 6.36. The summed E-state index contributed by atoms with van der Waals surface area (Å²) in [6.07, 6.45) is 4.57. The molecule has 1 aromatic carbocycles. The van der Waals surface area contributed by atoms with Crippen LogP contribution in [0.15, 0.2) is 33.7 Å². The van der Waals surface area contributed by atoms with Crippen molar-refractivity contribution in [2.45, 2.75) is 32.6 Å². The monoisotopic (exact) mass is 353 g/mol. The fraction of sp³-hybridized carbons (Fsp3) is 0.375. The summed E-state index contributed by atoms with van der Waals surface area (Å²) < 4.78 is 1.92. The molecule has 0 spiro atoms. The summed E-state index contributed by atoms with van der Waals surface area (Å²) in [6.45, 7) is 2.76. The summed E-state index contributed by atoms with van der Waals surface area (Å²) in [4.78, 5) is 5.44. The molecule has 0 aliphatic heterocycles. The smallest absolute Gasteiger partial charge is 0.206 e. The van der Waals surface area contributed by atoms with Crippen molar-refractivity contribution in [2.75, 3.05) is 6.54 Å². The van der Waals surface area contributed by atoms with Gasteiger partial charge in [0, 0.05) is 28.2 Å². The van der Waals surface area contributed by atoms with E-state index in [2.05, 4.69) is 4.99 Å². The zero-order valence-corrected chi connectivity index (χ0v) is 14.7. The summed E-state index contributed by atoms with van der Waals surface area (Å²) in [7, 11) is 0. The van der Waals surface area contributed by atoms with E-state index in [0.29, 0.717) is 10.0 Å². The first kappa shape index (κ1) is 15.8. The first-order valence-corrected chi connectivity index (χ1v) is 9.05. The Morgan fingerprint density at radius 3 is 2.73 bits per heavy atom. The largest absolute Gasteiger partial charge is 0.258 e. The minimum absolute atomic E-state index is 0.666. The summed E-state index contributed by atoms with van der Waals surface area (Å²) in [5.41, 5.74) is 3.07. The second-order valence-electron chi connectivity index (χ2n) is 5.19. The molecule has 1 fully saturated rings. The van der Waals surface area contributed by atoms with E-state index >= 15 is 0 Å². The number of benzene rings is 1. The van der Waals surface area contributed by atoms with Gasteiger partial charge in [0.2, 0.25) is 4.80 Å². The van der Waals surface area contributed by atoms with E-state index in [4.69, 9.17) is 28.3 Å². The maximum absolute atomic E-state index is 6.36. The predicted molar refractivity (Wildman–Crippen MR) is 95.2 cm³/mol. The molecule has 0 atom stereocenters. The van der Waals surface area contributed by atoms with Crippen molar-refractivity contribution in [1.29, 1.82) is 0 Å². The molecule has 0 bridgehead atoms. The van der Waals surface area contributed by atoms with E-state index < -0.39 is 0 Å². The van der Waals surface area contributed by atoms with Gasteiger partial charge in [0.05, 0.1) is 10.7 Å². The van der Waals surface area contributed by atoms with Crippen molar-refractivity contribution >= 4 is 40.3 Å². The van der Waals surface area contributed by atoms with Crippen LogP contribution in [0.2, 0.25) is 10.0 Å². The van der Waals surface area contributed by atoms with Crippen LogP contribution in [-0.2, 0) is 0 Å². The van der Waals surface area contributed by atoms with Crippen molar-refractivity contribution < 1.29 is 0 Å². The molecule has 3 rings (SSSR count). The van der Waals surface area contributed by atoms with Crippen molar-refractivity contribution in [2.24, 2.45) is 10.1 Å². The fourth-order valence-corrected chi connectivity index (χ4v) is 3.82. The Bertz CT molecular complexity index is 766. The lowest BCUT2D eigenvalue weighted by atomic mass is 10.2. The number of hydrogen-bond acceptors (Lipinski definition) is 3. The average Bonchev–Trinajstić information content (AvgIpc) is 3.14. The minimum atomic E-state index is 0.666. The molecule has 1 aliphatic carbocycles. The molecular weight excluding hydrogens is 337 g/mol. The molecule has 0 radical (unpaired) electrons. The Morgan fingerprint density at radius 2 is 2.00 bits per heavy atom. The summed E-state index contributed by atoms with van der Waals surface area (Å²) in [5.74, 6) is 0. The van der Waals surface area contributed by atoms with Gasteiger partial charge in [-0.15, -0.1) is 11.3 Å². The van der Waals surface area contributed by atoms with Gasteiger partial charge >= 0.3 is 0 Å². The second-order valence-corrected chi connectivity index (χ2v) is 6.87. The van der Waals surface area contributed by atoms with Crippen molar-refractivity contribution in [3.8, 4) is 11.3 Å². The van der Waals surface area contributed by atoms with Gasteiger partial charge in [-0.2, -0.15) is 5.10 Å². The van der Waals surface area contributed by atoms with Gasteiger partial charge in [-0.1, -0.05) is 23.2 Å². The topological polar surface area (TPSA) is 29.6 Å². The molecule has 1 aromatic heterocycles. The van der Waals surface area contributed by atoms with Gasteiger partial charge in [0.15, 0.2) is 0 Å². The van der Waals surface area contributed by atoms with Gasteiger partial charge in [0.1, 0.15) is 0 Å². The number of halogens is 2. The Balaban J connectivity index is 2.17. The van der Waals surface area contributed by atoms with E-state index in [1.165, 1.54) is 18.6 Å². The average molecular weight is 354 g/mol. The molecule has 3 nitrogen and oxygen atoms in total. The quantitative estimate of drug-likeness (QED) is 0.723. The zero-order chi connectivity index (χ0) is 15.5. The van der Waals surface area contributed by atoms with Crippen LogP contribution in [0.4, 0.5) is 0 Å². The molecule has 0 amide bonds. The molecule has 1 aliphatic rings. The van der Waals surface area contributed by atoms with Crippen LogP contribution in [-0.4, -0.2) is 16.9 Å². The van der Waals surface area contributed by atoms with Crippen molar-refractivity contribution in [3.05, 3.63) is 38.4 Å². The number of hydrogen-bond donors (Lipinski definition) is 0. The summed E-state index contributed by atoms with van der Waals surface area (Å²) >= 11 is 14.1. The first-order chi connectivity index (χ1) is 10.7. The molecule has 22 heavy (non-hydrogen) atoms. The van der Waals surface area contributed by atoms with E-state index in [1.54, 1.807) is 17.4 Å². The van der Waals surface area contributed by atoms with Crippen LogP contribution in [0.5, 0.6) is 0 Å². The number of aromatic nitrogens is 1. The normalized spacial score (nSPS) is 15.6. The zero-order valence-electron chi connectivity index (χ0n) is 12.4. The van der Waals surface area contributed by atoms with E-state index in [0.717, 1.165) is 35.4 Å². The SMILES string of the molecule is CCN=c1scc(-c2cc(Cl)ccc2Cl)n1N=C1CCCC1.